The summed E-state index contributed by atoms with van der Waals surface area (Å²) in [6.07, 6.45) is 6.96. The van der Waals surface area contributed by atoms with Crippen molar-refractivity contribution in [3.63, 3.8) is 0 Å². The first-order valence-electron chi connectivity index (χ1n) is 7.63. The van der Waals surface area contributed by atoms with Crippen LogP contribution in [0.4, 0.5) is 0 Å². The Morgan fingerprint density at radius 2 is 2.48 bits per heavy atom. The van der Waals surface area contributed by atoms with Gasteiger partial charge in [-0.25, -0.2) is 4.98 Å². The van der Waals surface area contributed by atoms with Gasteiger partial charge < -0.3 is 14.6 Å². The molecule has 2 aromatic rings. The summed E-state index contributed by atoms with van der Waals surface area (Å²) >= 11 is 0. The molecule has 0 unspecified atom stereocenters. The molecule has 0 spiro atoms. The molecule has 5 nitrogen and oxygen atoms in total. The predicted octanol–water partition coefficient (Wildman–Crippen LogP) is 2.36. The van der Waals surface area contributed by atoms with Crippen molar-refractivity contribution >= 4 is 16.9 Å². The molecule has 21 heavy (non-hydrogen) atoms. The summed E-state index contributed by atoms with van der Waals surface area (Å²) < 4.78 is 7.59. The average molecular weight is 287 g/mol. The SMILES string of the molecule is CCCn1cc(C(=O)NC[C@@H]2CCCO2)c2cccnc21. The van der Waals surface area contributed by atoms with Crippen LogP contribution in [-0.2, 0) is 11.3 Å². The lowest BCUT2D eigenvalue weighted by Crippen LogP contribution is -2.31. The molecule has 1 atom stereocenters. The van der Waals surface area contributed by atoms with E-state index < -0.39 is 0 Å². The minimum absolute atomic E-state index is 0.0432. The molecule has 1 saturated heterocycles. The van der Waals surface area contributed by atoms with E-state index in [1.807, 2.05) is 18.3 Å². The number of aromatic nitrogens is 2. The Morgan fingerprint density at radius 1 is 1.57 bits per heavy atom. The molecule has 1 N–H and O–H groups in total. The van der Waals surface area contributed by atoms with Gasteiger partial charge >= 0.3 is 0 Å². The number of hydrogen-bond acceptors (Lipinski definition) is 3. The largest absolute Gasteiger partial charge is 0.376 e. The summed E-state index contributed by atoms with van der Waals surface area (Å²) in [6, 6.07) is 3.82. The van der Waals surface area contributed by atoms with Gasteiger partial charge in [0.1, 0.15) is 5.65 Å². The van der Waals surface area contributed by atoms with Crippen LogP contribution in [0.3, 0.4) is 0 Å². The Hall–Kier alpha value is -1.88. The van der Waals surface area contributed by atoms with Crippen molar-refractivity contribution in [3.8, 4) is 0 Å². The molecule has 0 radical (unpaired) electrons. The maximum atomic E-state index is 12.4. The number of fused-ring (bicyclic) bond motifs is 1. The first kappa shape index (κ1) is 14.1. The highest BCUT2D eigenvalue weighted by Gasteiger charge is 2.19. The van der Waals surface area contributed by atoms with Crippen LogP contribution < -0.4 is 5.32 Å². The minimum atomic E-state index is -0.0432. The number of rotatable bonds is 5. The van der Waals surface area contributed by atoms with Crippen LogP contribution in [0.1, 0.15) is 36.5 Å². The number of aryl methyl sites for hydroxylation is 1. The number of nitrogens with one attached hydrogen (secondary N) is 1. The van der Waals surface area contributed by atoms with Gasteiger partial charge in [-0.1, -0.05) is 6.92 Å². The zero-order chi connectivity index (χ0) is 14.7. The van der Waals surface area contributed by atoms with Crippen LogP contribution in [0.25, 0.3) is 11.0 Å². The van der Waals surface area contributed by atoms with Crippen LogP contribution in [0.15, 0.2) is 24.5 Å². The average Bonchev–Trinajstić information content (AvgIpc) is 3.14. The van der Waals surface area contributed by atoms with Gasteiger partial charge in [0.15, 0.2) is 0 Å². The van der Waals surface area contributed by atoms with Crippen molar-refractivity contribution in [2.75, 3.05) is 13.2 Å². The van der Waals surface area contributed by atoms with Crippen molar-refractivity contribution in [3.05, 3.63) is 30.1 Å². The van der Waals surface area contributed by atoms with Gasteiger partial charge in [0, 0.05) is 37.5 Å². The lowest BCUT2D eigenvalue weighted by molar-refractivity contribution is 0.0859. The molecule has 0 aromatic carbocycles. The Morgan fingerprint density at radius 3 is 3.24 bits per heavy atom. The van der Waals surface area contributed by atoms with E-state index in [2.05, 4.69) is 21.8 Å². The second kappa shape index (κ2) is 6.26. The van der Waals surface area contributed by atoms with Crippen molar-refractivity contribution in [1.82, 2.24) is 14.9 Å². The van der Waals surface area contributed by atoms with Gasteiger partial charge in [0.05, 0.1) is 11.7 Å². The number of pyridine rings is 1. The molecule has 2 aromatic heterocycles. The minimum Gasteiger partial charge on any atom is -0.376 e. The number of nitrogens with zero attached hydrogens (tertiary/aromatic N) is 2. The Balaban J connectivity index is 1.80. The molecule has 1 aliphatic heterocycles. The summed E-state index contributed by atoms with van der Waals surface area (Å²) in [5.41, 5.74) is 1.58. The number of carbonyl (C=O) groups is 1. The van der Waals surface area contributed by atoms with Crippen molar-refractivity contribution in [2.24, 2.45) is 0 Å². The number of hydrogen-bond donors (Lipinski definition) is 1. The summed E-state index contributed by atoms with van der Waals surface area (Å²) in [6.45, 7) is 4.37. The molecule has 0 bridgehead atoms. The highest BCUT2D eigenvalue weighted by atomic mass is 16.5. The van der Waals surface area contributed by atoms with Crippen LogP contribution >= 0.6 is 0 Å². The summed E-state index contributed by atoms with van der Waals surface area (Å²) in [5.74, 6) is -0.0432. The standard InChI is InChI=1S/C16H21N3O2/c1-2-8-19-11-14(13-6-3-7-17-15(13)19)16(20)18-10-12-5-4-9-21-12/h3,6-7,11-12H,2,4-5,8-10H2,1H3,(H,18,20)/t12-/m0/s1. The molecular formula is C16H21N3O2. The maximum Gasteiger partial charge on any atom is 0.253 e. The topological polar surface area (TPSA) is 56.2 Å². The van der Waals surface area contributed by atoms with Crippen LogP contribution in [-0.4, -0.2) is 34.7 Å². The van der Waals surface area contributed by atoms with Crippen molar-refractivity contribution < 1.29 is 9.53 Å². The van der Waals surface area contributed by atoms with Crippen LogP contribution in [0.2, 0.25) is 0 Å². The van der Waals surface area contributed by atoms with Gasteiger partial charge in [0.2, 0.25) is 0 Å². The van der Waals surface area contributed by atoms with Gasteiger partial charge in [-0.3, -0.25) is 4.79 Å². The van der Waals surface area contributed by atoms with Gasteiger partial charge in [-0.05, 0) is 31.4 Å². The first-order chi connectivity index (χ1) is 10.3. The highest BCUT2D eigenvalue weighted by molar-refractivity contribution is 6.06. The van der Waals surface area contributed by atoms with E-state index in [4.69, 9.17) is 4.74 Å². The highest BCUT2D eigenvalue weighted by Crippen LogP contribution is 2.20. The number of ether oxygens (including phenoxy) is 1. The van der Waals surface area contributed by atoms with E-state index in [1.54, 1.807) is 6.20 Å². The summed E-state index contributed by atoms with van der Waals surface area (Å²) in [7, 11) is 0. The zero-order valence-corrected chi connectivity index (χ0v) is 12.3. The number of carbonyl (C=O) groups excluding carboxylic acids is 1. The maximum absolute atomic E-state index is 12.4. The van der Waals surface area contributed by atoms with Gasteiger partial charge in [-0.2, -0.15) is 0 Å². The Kier molecular flexibility index (Phi) is 4.20. The van der Waals surface area contributed by atoms with Crippen molar-refractivity contribution in [2.45, 2.75) is 38.8 Å². The lowest BCUT2D eigenvalue weighted by Gasteiger charge is -2.10. The third kappa shape index (κ3) is 2.93. The molecule has 1 amide bonds. The second-order valence-electron chi connectivity index (χ2n) is 5.46. The van der Waals surface area contributed by atoms with Gasteiger partial charge in [-0.15, -0.1) is 0 Å². The molecule has 3 rings (SSSR count). The molecule has 5 heteroatoms. The van der Waals surface area contributed by atoms with Gasteiger partial charge in [0.25, 0.3) is 5.91 Å². The second-order valence-corrected chi connectivity index (χ2v) is 5.46. The fraction of sp³-hybridized carbons (Fsp3) is 0.500. The van der Waals surface area contributed by atoms with Crippen molar-refractivity contribution in [1.29, 1.82) is 0 Å². The summed E-state index contributed by atoms with van der Waals surface area (Å²) in [4.78, 5) is 16.8. The molecule has 0 saturated carbocycles. The normalized spacial score (nSPS) is 18.2. The van der Waals surface area contributed by atoms with E-state index >= 15 is 0 Å². The van der Waals surface area contributed by atoms with E-state index in [9.17, 15) is 4.79 Å². The Labute approximate surface area is 124 Å². The third-order valence-electron chi connectivity index (χ3n) is 3.86. The van der Waals surface area contributed by atoms with E-state index in [-0.39, 0.29) is 12.0 Å². The molecule has 3 heterocycles. The molecule has 1 aliphatic rings. The third-order valence-corrected chi connectivity index (χ3v) is 3.86. The smallest absolute Gasteiger partial charge is 0.253 e. The molecule has 0 aliphatic carbocycles. The first-order valence-corrected chi connectivity index (χ1v) is 7.63. The Bertz CT molecular complexity index is 629. The van der Waals surface area contributed by atoms with Crippen LogP contribution in [0.5, 0.6) is 0 Å². The summed E-state index contributed by atoms with van der Waals surface area (Å²) in [5, 5.41) is 3.90. The fourth-order valence-electron chi connectivity index (χ4n) is 2.82. The molecule has 112 valence electrons. The monoisotopic (exact) mass is 287 g/mol. The predicted molar refractivity (Wildman–Crippen MR) is 81.3 cm³/mol. The molecular weight excluding hydrogens is 266 g/mol. The van der Waals surface area contributed by atoms with E-state index in [0.29, 0.717) is 12.1 Å². The zero-order valence-electron chi connectivity index (χ0n) is 12.3. The number of amides is 1. The van der Waals surface area contributed by atoms with E-state index in [0.717, 1.165) is 43.4 Å². The fourth-order valence-corrected chi connectivity index (χ4v) is 2.82. The quantitative estimate of drug-likeness (QED) is 0.918. The van der Waals surface area contributed by atoms with Crippen LogP contribution in [0, 0.1) is 0 Å². The lowest BCUT2D eigenvalue weighted by atomic mass is 10.2. The van der Waals surface area contributed by atoms with E-state index in [1.165, 1.54) is 0 Å². The molecule has 1 fully saturated rings.